The number of piperidine rings is 1. The Kier molecular flexibility index (Phi) is 4.15. The van der Waals surface area contributed by atoms with Gasteiger partial charge in [0.25, 0.3) is 0 Å². The second-order valence-corrected chi connectivity index (χ2v) is 7.74. The number of hydrogen-bond acceptors (Lipinski definition) is 7. The molecular weight excluding hydrogens is 322 g/mol. The van der Waals surface area contributed by atoms with Gasteiger partial charge in [0.2, 0.25) is 0 Å². The molecule has 7 nitrogen and oxygen atoms in total. The molecule has 2 atom stereocenters. The van der Waals surface area contributed by atoms with Gasteiger partial charge in [-0.15, -0.1) is 11.3 Å². The van der Waals surface area contributed by atoms with Crippen molar-refractivity contribution in [3.05, 3.63) is 28.7 Å². The number of anilines is 1. The van der Waals surface area contributed by atoms with Gasteiger partial charge >= 0.3 is 0 Å². The maximum absolute atomic E-state index is 4.38. The number of likely N-dealkylation sites (tertiary alicyclic amines) is 1. The molecule has 1 saturated heterocycles. The first-order chi connectivity index (χ1) is 11.7. The average Bonchev–Trinajstić information content (AvgIpc) is 3.19. The van der Waals surface area contributed by atoms with Gasteiger partial charge in [0, 0.05) is 36.8 Å². The summed E-state index contributed by atoms with van der Waals surface area (Å²) in [5, 5.41) is 4.73. The number of aromatic nitrogens is 5. The fourth-order valence-corrected chi connectivity index (χ4v) is 4.18. The third-order valence-electron chi connectivity index (χ3n) is 4.58. The molecule has 0 amide bonds. The predicted octanol–water partition coefficient (Wildman–Crippen LogP) is 2.44. The number of rotatable bonds is 4. The van der Waals surface area contributed by atoms with Crippen LogP contribution in [-0.2, 0) is 6.54 Å². The van der Waals surface area contributed by atoms with Crippen molar-refractivity contribution in [2.45, 2.75) is 32.9 Å². The molecule has 0 bridgehead atoms. The Balaban J connectivity index is 1.41. The Hall–Kier alpha value is -2.06. The molecule has 24 heavy (non-hydrogen) atoms. The monoisotopic (exact) mass is 343 g/mol. The van der Waals surface area contributed by atoms with Crippen LogP contribution in [0, 0.1) is 12.8 Å². The molecule has 0 aromatic carbocycles. The van der Waals surface area contributed by atoms with Crippen LogP contribution in [0.15, 0.2) is 18.9 Å². The normalized spacial score (nSPS) is 22.1. The summed E-state index contributed by atoms with van der Waals surface area (Å²) >= 11 is 1.79. The minimum atomic E-state index is 0.408. The lowest BCUT2D eigenvalue weighted by Gasteiger charge is -2.37. The van der Waals surface area contributed by atoms with E-state index in [4.69, 9.17) is 0 Å². The van der Waals surface area contributed by atoms with Gasteiger partial charge in [-0.1, -0.05) is 6.92 Å². The number of nitrogens with zero attached hydrogens (tertiary/aromatic N) is 5. The van der Waals surface area contributed by atoms with Gasteiger partial charge in [-0.05, 0) is 19.3 Å². The first kappa shape index (κ1) is 15.5. The third kappa shape index (κ3) is 3.11. The van der Waals surface area contributed by atoms with Crippen LogP contribution in [-0.4, -0.2) is 49.0 Å². The van der Waals surface area contributed by atoms with Crippen molar-refractivity contribution >= 4 is 28.3 Å². The lowest BCUT2D eigenvalue weighted by molar-refractivity contribution is 0.166. The van der Waals surface area contributed by atoms with Crippen molar-refractivity contribution in [1.29, 1.82) is 0 Å². The van der Waals surface area contributed by atoms with E-state index in [-0.39, 0.29) is 0 Å². The van der Waals surface area contributed by atoms with Crippen LogP contribution in [0.2, 0.25) is 0 Å². The van der Waals surface area contributed by atoms with Crippen LogP contribution in [0.3, 0.4) is 0 Å². The Labute approximate surface area is 144 Å². The summed E-state index contributed by atoms with van der Waals surface area (Å²) in [6.45, 7) is 7.51. The fraction of sp³-hybridized carbons (Fsp3) is 0.500. The Bertz CT molecular complexity index is 827. The molecule has 3 aromatic heterocycles. The smallest absolute Gasteiger partial charge is 0.182 e. The summed E-state index contributed by atoms with van der Waals surface area (Å²) in [6, 6.07) is 0.408. The van der Waals surface area contributed by atoms with E-state index in [2.05, 4.69) is 49.0 Å². The minimum absolute atomic E-state index is 0.408. The van der Waals surface area contributed by atoms with E-state index >= 15 is 0 Å². The lowest BCUT2D eigenvalue weighted by atomic mass is 9.93. The number of fused-ring (bicyclic) bond motifs is 1. The zero-order valence-corrected chi connectivity index (χ0v) is 14.7. The van der Waals surface area contributed by atoms with E-state index in [1.54, 1.807) is 24.0 Å². The Morgan fingerprint density at radius 1 is 1.33 bits per heavy atom. The molecule has 126 valence electrons. The quantitative estimate of drug-likeness (QED) is 0.757. The number of aromatic amines is 1. The lowest BCUT2D eigenvalue weighted by Crippen LogP contribution is -2.44. The number of aryl methyl sites for hydroxylation is 1. The molecule has 1 aliphatic rings. The molecule has 0 aliphatic carbocycles. The minimum Gasteiger partial charge on any atom is -0.365 e. The Morgan fingerprint density at radius 3 is 3.04 bits per heavy atom. The van der Waals surface area contributed by atoms with E-state index < -0.39 is 0 Å². The number of H-pyrrole nitrogens is 1. The van der Waals surface area contributed by atoms with E-state index in [1.165, 1.54) is 4.88 Å². The van der Waals surface area contributed by atoms with Gasteiger partial charge in [-0.2, -0.15) is 0 Å². The van der Waals surface area contributed by atoms with Crippen LogP contribution in [0.5, 0.6) is 0 Å². The van der Waals surface area contributed by atoms with Gasteiger partial charge in [0.15, 0.2) is 11.5 Å². The molecule has 8 heteroatoms. The highest BCUT2D eigenvalue weighted by Crippen LogP contribution is 2.25. The highest BCUT2D eigenvalue weighted by Gasteiger charge is 2.27. The molecule has 1 aliphatic heterocycles. The van der Waals surface area contributed by atoms with Crippen LogP contribution in [0.1, 0.15) is 23.2 Å². The molecule has 2 N–H and O–H groups in total. The molecule has 0 spiro atoms. The summed E-state index contributed by atoms with van der Waals surface area (Å²) in [6.07, 6.45) is 6.33. The summed E-state index contributed by atoms with van der Waals surface area (Å²) in [5.74, 6) is 1.39. The van der Waals surface area contributed by atoms with Crippen molar-refractivity contribution in [3.8, 4) is 0 Å². The zero-order chi connectivity index (χ0) is 16.5. The van der Waals surface area contributed by atoms with Crippen LogP contribution in [0.25, 0.3) is 11.2 Å². The molecule has 0 radical (unpaired) electrons. The molecule has 1 fully saturated rings. The SMILES string of the molecule is Cc1ncc(CN2CC[C@H](Nc3ncnc4nc[nH]c34)[C@@H](C)C2)s1. The maximum Gasteiger partial charge on any atom is 0.182 e. The fourth-order valence-electron chi connectivity index (χ4n) is 3.34. The summed E-state index contributed by atoms with van der Waals surface area (Å²) in [5.41, 5.74) is 1.59. The van der Waals surface area contributed by atoms with E-state index in [1.807, 2.05) is 6.20 Å². The predicted molar refractivity (Wildman–Crippen MR) is 95.0 cm³/mol. The van der Waals surface area contributed by atoms with Gasteiger partial charge in [0.05, 0.1) is 11.3 Å². The van der Waals surface area contributed by atoms with Crippen molar-refractivity contribution in [2.24, 2.45) is 5.92 Å². The number of nitrogens with one attached hydrogen (secondary N) is 2. The van der Waals surface area contributed by atoms with Crippen molar-refractivity contribution in [2.75, 3.05) is 18.4 Å². The first-order valence-electron chi connectivity index (χ1n) is 8.23. The topological polar surface area (TPSA) is 82.6 Å². The van der Waals surface area contributed by atoms with Gasteiger partial charge in [0.1, 0.15) is 11.8 Å². The van der Waals surface area contributed by atoms with Crippen molar-refractivity contribution < 1.29 is 0 Å². The molecular formula is C16H21N7S. The second-order valence-electron chi connectivity index (χ2n) is 6.42. The largest absolute Gasteiger partial charge is 0.365 e. The van der Waals surface area contributed by atoms with Crippen LogP contribution < -0.4 is 5.32 Å². The average molecular weight is 343 g/mol. The van der Waals surface area contributed by atoms with Gasteiger partial charge in [-0.3, -0.25) is 4.90 Å². The van der Waals surface area contributed by atoms with Crippen LogP contribution in [0.4, 0.5) is 5.82 Å². The van der Waals surface area contributed by atoms with Crippen LogP contribution >= 0.6 is 11.3 Å². The summed E-state index contributed by atoms with van der Waals surface area (Å²) < 4.78 is 0. The molecule has 4 rings (SSSR count). The Morgan fingerprint density at radius 2 is 2.25 bits per heavy atom. The number of thiazole rings is 1. The van der Waals surface area contributed by atoms with E-state index in [0.29, 0.717) is 17.6 Å². The standard InChI is InChI=1S/C16H21N7S/c1-10-6-23(7-12-5-17-11(2)24-12)4-3-13(10)22-16-14-15(19-8-18-14)20-9-21-16/h5,8-10,13H,3-4,6-7H2,1-2H3,(H2,18,19,20,21,22)/t10-,13-/m0/s1. The number of hydrogen-bond donors (Lipinski definition) is 2. The zero-order valence-electron chi connectivity index (χ0n) is 13.9. The van der Waals surface area contributed by atoms with Crippen molar-refractivity contribution in [3.63, 3.8) is 0 Å². The molecule has 0 unspecified atom stereocenters. The van der Waals surface area contributed by atoms with Gasteiger partial charge in [-0.25, -0.2) is 19.9 Å². The summed E-state index contributed by atoms with van der Waals surface area (Å²) in [4.78, 5) is 24.1. The molecule has 3 aromatic rings. The highest BCUT2D eigenvalue weighted by molar-refractivity contribution is 7.11. The number of imidazole rings is 1. The molecule has 4 heterocycles. The third-order valence-corrected chi connectivity index (χ3v) is 5.48. The van der Waals surface area contributed by atoms with E-state index in [0.717, 1.165) is 42.4 Å². The maximum atomic E-state index is 4.38. The summed E-state index contributed by atoms with van der Waals surface area (Å²) in [7, 11) is 0. The highest BCUT2D eigenvalue weighted by atomic mass is 32.1. The molecule has 0 saturated carbocycles. The van der Waals surface area contributed by atoms with Gasteiger partial charge < -0.3 is 10.3 Å². The van der Waals surface area contributed by atoms with Crippen molar-refractivity contribution in [1.82, 2.24) is 29.8 Å². The first-order valence-corrected chi connectivity index (χ1v) is 9.05. The second kappa shape index (κ2) is 6.45. The van der Waals surface area contributed by atoms with E-state index in [9.17, 15) is 0 Å².